The molecule has 5 nitrogen and oxygen atoms in total. The maximum absolute atomic E-state index is 12.3. The van der Waals surface area contributed by atoms with Crippen LogP contribution in [-0.4, -0.2) is 43.4 Å². The lowest BCUT2D eigenvalue weighted by atomic mass is 10.1. The molecule has 1 aliphatic heterocycles. The van der Waals surface area contributed by atoms with Gasteiger partial charge in [-0.05, 0) is 30.5 Å². The third-order valence-corrected chi connectivity index (χ3v) is 3.73. The fourth-order valence-corrected chi connectivity index (χ4v) is 2.61. The van der Waals surface area contributed by atoms with E-state index in [0.717, 1.165) is 23.2 Å². The maximum Gasteiger partial charge on any atom is 0.245 e. The molecule has 0 bridgehead atoms. The van der Waals surface area contributed by atoms with Crippen molar-refractivity contribution in [2.75, 3.05) is 31.2 Å². The Kier molecular flexibility index (Phi) is 5.59. The van der Waals surface area contributed by atoms with Gasteiger partial charge in [0.2, 0.25) is 5.91 Å². The van der Waals surface area contributed by atoms with Crippen LogP contribution in [0.1, 0.15) is 24.5 Å². The van der Waals surface area contributed by atoms with Gasteiger partial charge in [0, 0.05) is 18.8 Å². The van der Waals surface area contributed by atoms with Gasteiger partial charge in [0.05, 0.1) is 19.8 Å². The molecular weight excluding hydrogens is 268 g/mol. The molecule has 2 rings (SSSR count). The fourth-order valence-electron chi connectivity index (χ4n) is 2.61. The minimum atomic E-state index is -0.288. The number of carbonyl (C=O) groups is 1. The second-order valence-corrected chi connectivity index (χ2v) is 5.35. The quantitative estimate of drug-likeness (QED) is 0.856. The van der Waals surface area contributed by atoms with E-state index in [-0.39, 0.29) is 18.6 Å². The fraction of sp³-hybridized carbons (Fsp3) is 0.562. The van der Waals surface area contributed by atoms with Crippen molar-refractivity contribution in [3.8, 4) is 0 Å². The molecule has 1 amide bonds. The van der Waals surface area contributed by atoms with Crippen LogP contribution in [0, 0.1) is 6.92 Å². The summed E-state index contributed by atoms with van der Waals surface area (Å²) >= 11 is 0. The number of ether oxygens (including phenoxy) is 1. The Morgan fingerprint density at radius 2 is 2.33 bits per heavy atom. The summed E-state index contributed by atoms with van der Waals surface area (Å²) in [6, 6.07) is 5.56. The van der Waals surface area contributed by atoms with E-state index in [9.17, 15) is 9.90 Å². The van der Waals surface area contributed by atoms with E-state index >= 15 is 0 Å². The Morgan fingerprint density at radius 3 is 3.00 bits per heavy atom. The molecule has 1 saturated heterocycles. The van der Waals surface area contributed by atoms with Gasteiger partial charge in [0.1, 0.15) is 6.04 Å². The number of anilines is 1. The summed E-state index contributed by atoms with van der Waals surface area (Å²) in [6.45, 7) is 6.49. The Bertz CT molecular complexity index is 490. The molecule has 21 heavy (non-hydrogen) atoms. The molecular formula is C16H24N2O3. The van der Waals surface area contributed by atoms with Gasteiger partial charge in [0.15, 0.2) is 0 Å². The average Bonchev–Trinajstić information content (AvgIpc) is 2.52. The molecule has 1 atom stereocenters. The van der Waals surface area contributed by atoms with Crippen molar-refractivity contribution in [1.82, 2.24) is 5.32 Å². The van der Waals surface area contributed by atoms with Gasteiger partial charge in [-0.15, -0.1) is 0 Å². The lowest BCUT2D eigenvalue weighted by molar-refractivity contribution is -0.124. The van der Waals surface area contributed by atoms with E-state index in [1.54, 1.807) is 0 Å². The van der Waals surface area contributed by atoms with Crippen LogP contribution in [0.5, 0.6) is 0 Å². The highest BCUT2D eigenvalue weighted by Crippen LogP contribution is 2.25. The number of hydrogen-bond acceptors (Lipinski definition) is 4. The zero-order valence-electron chi connectivity index (χ0n) is 12.8. The summed E-state index contributed by atoms with van der Waals surface area (Å²) in [5, 5.41) is 12.1. The van der Waals surface area contributed by atoms with Crippen molar-refractivity contribution in [3.63, 3.8) is 0 Å². The lowest BCUT2D eigenvalue weighted by Gasteiger charge is -2.37. The van der Waals surface area contributed by atoms with E-state index in [1.807, 2.05) is 32.0 Å². The van der Waals surface area contributed by atoms with Gasteiger partial charge in [-0.1, -0.05) is 19.1 Å². The highest BCUT2D eigenvalue weighted by molar-refractivity contribution is 5.86. The smallest absolute Gasteiger partial charge is 0.245 e. The number of carbonyl (C=O) groups excluding carboxylic acids is 1. The first-order valence-corrected chi connectivity index (χ1v) is 7.49. The van der Waals surface area contributed by atoms with E-state index < -0.39 is 0 Å². The van der Waals surface area contributed by atoms with Crippen LogP contribution in [0.4, 0.5) is 5.69 Å². The summed E-state index contributed by atoms with van der Waals surface area (Å²) in [5.74, 6) is 0.0159. The van der Waals surface area contributed by atoms with Gasteiger partial charge in [-0.25, -0.2) is 0 Å². The molecule has 116 valence electrons. The van der Waals surface area contributed by atoms with Crippen molar-refractivity contribution in [2.45, 2.75) is 32.9 Å². The van der Waals surface area contributed by atoms with Gasteiger partial charge in [-0.3, -0.25) is 4.79 Å². The molecule has 0 aromatic heterocycles. The first kappa shape index (κ1) is 15.8. The highest BCUT2D eigenvalue weighted by atomic mass is 16.5. The zero-order valence-corrected chi connectivity index (χ0v) is 12.8. The number of amides is 1. The number of nitrogens with zero attached hydrogens (tertiary/aromatic N) is 1. The third kappa shape index (κ3) is 3.74. The minimum absolute atomic E-state index is 0.0159. The van der Waals surface area contributed by atoms with Crippen LogP contribution in [0.2, 0.25) is 0 Å². The van der Waals surface area contributed by atoms with Gasteiger partial charge in [0.25, 0.3) is 0 Å². The lowest BCUT2D eigenvalue weighted by Crippen LogP contribution is -2.54. The molecule has 0 radical (unpaired) electrons. The molecule has 1 aromatic rings. The number of aliphatic hydroxyl groups excluding tert-OH is 1. The van der Waals surface area contributed by atoms with Crippen LogP contribution in [0.15, 0.2) is 18.2 Å². The van der Waals surface area contributed by atoms with Gasteiger partial charge in [-0.2, -0.15) is 0 Å². The third-order valence-electron chi connectivity index (χ3n) is 3.73. The van der Waals surface area contributed by atoms with Crippen molar-refractivity contribution >= 4 is 11.6 Å². The first-order valence-electron chi connectivity index (χ1n) is 7.49. The summed E-state index contributed by atoms with van der Waals surface area (Å²) in [7, 11) is 0. The number of rotatable bonds is 5. The molecule has 1 aliphatic rings. The normalized spacial score (nSPS) is 18.6. The molecule has 2 N–H and O–H groups in total. The molecule has 0 aliphatic carbocycles. The van der Waals surface area contributed by atoms with E-state index in [1.165, 1.54) is 0 Å². The Balaban J connectivity index is 2.20. The predicted molar refractivity (Wildman–Crippen MR) is 82.4 cm³/mol. The van der Waals surface area contributed by atoms with Crippen LogP contribution in [0.25, 0.3) is 0 Å². The highest BCUT2D eigenvalue weighted by Gasteiger charge is 2.30. The van der Waals surface area contributed by atoms with Crippen molar-refractivity contribution in [2.24, 2.45) is 0 Å². The maximum atomic E-state index is 12.3. The van der Waals surface area contributed by atoms with E-state index in [2.05, 4.69) is 10.2 Å². The monoisotopic (exact) mass is 292 g/mol. The Hall–Kier alpha value is -1.59. The first-order chi connectivity index (χ1) is 10.2. The Labute approximate surface area is 125 Å². The van der Waals surface area contributed by atoms with Crippen molar-refractivity contribution in [1.29, 1.82) is 0 Å². The molecule has 1 aromatic carbocycles. The number of morpholine rings is 1. The standard InChI is InChI=1S/C16H24N2O3/c1-3-6-17-16(20)15-11-21-8-7-18(15)14-5-4-13(10-19)9-12(14)2/h4-5,9,15,19H,3,6-8,10-11H2,1-2H3,(H,17,20). The zero-order chi connectivity index (χ0) is 15.2. The van der Waals surface area contributed by atoms with Crippen molar-refractivity contribution < 1.29 is 14.6 Å². The van der Waals surface area contributed by atoms with E-state index in [0.29, 0.717) is 26.3 Å². The largest absolute Gasteiger partial charge is 0.392 e. The number of aliphatic hydroxyl groups is 1. The average molecular weight is 292 g/mol. The summed E-state index contributed by atoms with van der Waals surface area (Å²) in [4.78, 5) is 14.4. The minimum Gasteiger partial charge on any atom is -0.392 e. The van der Waals surface area contributed by atoms with Gasteiger partial charge >= 0.3 is 0 Å². The number of hydrogen-bond donors (Lipinski definition) is 2. The van der Waals surface area contributed by atoms with Crippen LogP contribution < -0.4 is 10.2 Å². The van der Waals surface area contributed by atoms with E-state index in [4.69, 9.17) is 4.74 Å². The number of benzene rings is 1. The Morgan fingerprint density at radius 1 is 1.52 bits per heavy atom. The predicted octanol–water partition coefficient (Wildman–Crippen LogP) is 1.22. The number of aryl methyl sites for hydroxylation is 1. The molecule has 1 unspecified atom stereocenters. The topological polar surface area (TPSA) is 61.8 Å². The molecule has 1 fully saturated rings. The van der Waals surface area contributed by atoms with Gasteiger partial charge < -0.3 is 20.1 Å². The van der Waals surface area contributed by atoms with Crippen LogP contribution in [-0.2, 0) is 16.1 Å². The molecule has 1 heterocycles. The second kappa shape index (κ2) is 7.43. The van der Waals surface area contributed by atoms with Crippen molar-refractivity contribution in [3.05, 3.63) is 29.3 Å². The van der Waals surface area contributed by atoms with Crippen LogP contribution in [0.3, 0.4) is 0 Å². The summed E-state index contributed by atoms with van der Waals surface area (Å²) in [6.07, 6.45) is 0.920. The SMILES string of the molecule is CCCNC(=O)C1COCCN1c1ccc(CO)cc1C. The number of nitrogens with one attached hydrogen (secondary N) is 1. The summed E-state index contributed by atoms with van der Waals surface area (Å²) in [5.41, 5.74) is 2.99. The molecule has 5 heteroatoms. The summed E-state index contributed by atoms with van der Waals surface area (Å²) < 4.78 is 5.48. The molecule has 0 saturated carbocycles. The second-order valence-electron chi connectivity index (χ2n) is 5.35. The van der Waals surface area contributed by atoms with Crippen LogP contribution >= 0.6 is 0 Å². The molecule has 0 spiro atoms.